The molecule has 0 saturated carbocycles. The molecule has 1 saturated heterocycles. The number of rotatable bonds is 5. The molecular formula is C25H24N2O8. The van der Waals surface area contributed by atoms with E-state index in [1.807, 2.05) is 12.1 Å². The van der Waals surface area contributed by atoms with Gasteiger partial charge in [0.2, 0.25) is 12.5 Å². The van der Waals surface area contributed by atoms with E-state index in [4.69, 9.17) is 23.7 Å². The Bertz CT molecular complexity index is 1260. The summed E-state index contributed by atoms with van der Waals surface area (Å²) in [6.45, 7) is 1.14. The number of benzene rings is 2. The maximum Gasteiger partial charge on any atom is 0.345 e. The number of esters is 1. The minimum absolute atomic E-state index is 0.00131. The van der Waals surface area contributed by atoms with Gasteiger partial charge in [0.1, 0.15) is 11.7 Å². The summed E-state index contributed by atoms with van der Waals surface area (Å²) in [7, 11) is 3.27. The van der Waals surface area contributed by atoms with E-state index in [1.54, 1.807) is 20.3 Å². The summed E-state index contributed by atoms with van der Waals surface area (Å²) >= 11 is 0. The Balaban J connectivity index is 1.48. The number of carbonyl (C=O) groups excluding carboxylic acids is 1. The first-order chi connectivity index (χ1) is 17.0. The van der Waals surface area contributed by atoms with Crippen LogP contribution in [-0.4, -0.2) is 61.6 Å². The van der Waals surface area contributed by atoms with E-state index in [1.165, 1.54) is 18.2 Å². The van der Waals surface area contributed by atoms with Crippen molar-refractivity contribution in [3.05, 3.63) is 69.3 Å². The molecule has 3 heterocycles. The lowest BCUT2D eigenvalue weighted by Gasteiger charge is -2.46. The standard InChI is InChI=1S/C25H24N2O8/c1-31-14-7-8-25-17-10-19-23(34-13-33-19)22(32-2)16(17)11-26(20(25)9-14)12-21(25)35-24(28)15-5-3-4-6-18(15)27(29)30/h3-8,10,14,20-21H,9,11-13H2,1-2H3/t14-,20-,21+,25+/m0/s1. The zero-order valence-corrected chi connectivity index (χ0v) is 19.3. The third-order valence-electron chi connectivity index (χ3n) is 7.59. The molecule has 2 aromatic carbocycles. The normalized spacial score (nSPS) is 29.3. The average molecular weight is 480 g/mol. The molecule has 2 bridgehead atoms. The summed E-state index contributed by atoms with van der Waals surface area (Å²) in [6.07, 6.45) is 4.12. The van der Waals surface area contributed by atoms with Crippen LogP contribution in [0.25, 0.3) is 0 Å². The fourth-order valence-electron chi connectivity index (χ4n) is 6.07. The van der Waals surface area contributed by atoms with E-state index in [0.717, 1.165) is 11.1 Å². The summed E-state index contributed by atoms with van der Waals surface area (Å²) in [6, 6.07) is 7.80. The van der Waals surface area contributed by atoms with Crippen LogP contribution in [0.3, 0.4) is 0 Å². The van der Waals surface area contributed by atoms with Gasteiger partial charge in [-0.3, -0.25) is 15.0 Å². The lowest BCUT2D eigenvalue weighted by Crippen LogP contribution is -2.53. The lowest BCUT2D eigenvalue weighted by atomic mass is 9.65. The van der Waals surface area contributed by atoms with Gasteiger partial charge in [0.15, 0.2) is 11.5 Å². The van der Waals surface area contributed by atoms with Crippen LogP contribution in [0.4, 0.5) is 5.69 Å². The van der Waals surface area contributed by atoms with Crippen molar-refractivity contribution in [3.63, 3.8) is 0 Å². The molecule has 6 rings (SSSR count). The van der Waals surface area contributed by atoms with Gasteiger partial charge in [-0.25, -0.2) is 4.79 Å². The number of carbonyl (C=O) groups is 1. The average Bonchev–Trinajstić information content (AvgIpc) is 3.43. The maximum absolute atomic E-state index is 13.3. The highest BCUT2D eigenvalue weighted by molar-refractivity contribution is 5.94. The monoisotopic (exact) mass is 480 g/mol. The van der Waals surface area contributed by atoms with E-state index in [-0.39, 0.29) is 30.2 Å². The van der Waals surface area contributed by atoms with Crippen molar-refractivity contribution < 1.29 is 33.4 Å². The third-order valence-corrected chi connectivity index (χ3v) is 7.59. The fraction of sp³-hybridized carbons (Fsp3) is 0.400. The second-order valence-electron chi connectivity index (χ2n) is 9.09. The van der Waals surface area contributed by atoms with E-state index in [2.05, 4.69) is 11.0 Å². The highest BCUT2D eigenvalue weighted by Crippen LogP contribution is 2.58. The van der Waals surface area contributed by atoms with Gasteiger partial charge in [0.25, 0.3) is 5.69 Å². The molecule has 4 aliphatic rings. The minimum atomic E-state index is -0.722. The molecule has 182 valence electrons. The van der Waals surface area contributed by atoms with E-state index < -0.39 is 22.4 Å². The van der Waals surface area contributed by atoms with Gasteiger partial charge in [-0.2, -0.15) is 0 Å². The van der Waals surface area contributed by atoms with Crippen LogP contribution < -0.4 is 14.2 Å². The lowest BCUT2D eigenvalue weighted by molar-refractivity contribution is -0.385. The second kappa shape index (κ2) is 7.96. The maximum atomic E-state index is 13.3. The van der Waals surface area contributed by atoms with Crippen LogP contribution in [0.1, 0.15) is 27.9 Å². The molecule has 0 radical (unpaired) electrons. The predicted octanol–water partition coefficient (Wildman–Crippen LogP) is 2.97. The van der Waals surface area contributed by atoms with Crippen molar-refractivity contribution >= 4 is 11.7 Å². The van der Waals surface area contributed by atoms with Gasteiger partial charge in [0, 0.05) is 37.9 Å². The molecule has 0 amide bonds. The summed E-state index contributed by atoms with van der Waals surface area (Å²) in [5.74, 6) is 1.05. The zero-order chi connectivity index (χ0) is 24.3. The summed E-state index contributed by atoms with van der Waals surface area (Å²) in [5.41, 5.74) is 0.855. The van der Waals surface area contributed by atoms with Crippen LogP contribution in [0.5, 0.6) is 17.2 Å². The van der Waals surface area contributed by atoms with Crippen molar-refractivity contribution in [3.8, 4) is 17.2 Å². The number of methoxy groups -OCH3 is 2. The smallest absolute Gasteiger partial charge is 0.345 e. The number of hydrogen-bond donors (Lipinski definition) is 0. The highest BCUT2D eigenvalue weighted by Gasteiger charge is 2.61. The van der Waals surface area contributed by atoms with Gasteiger partial charge < -0.3 is 23.7 Å². The van der Waals surface area contributed by atoms with E-state index in [9.17, 15) is 14.9 Å². The quantitative estimate of drug-likeness (QED) is 0.276. The van der Waals surface area contributed by atoms with Gasteiger partial charge in [-0.1, -0.05) is 24.3 Å². The second-order valence-corrected chi connectivity index (χ2v) is 9.09. The molecule has 0 N–H and O–H groups in total. The number of fused-ring (bicyclic) bond motifs is 2. The molecule has 0 spiro atoms. The Labute approximate surface area is 201 Å². The fourth-order valence-corrected chi connectivity index (χ4v) is 6.07. The topological polar surface area (TPSA) is 110 Å². The molecule has 0 aromatic heterocycles. The molecule has 10 heteroatoms. The largest absolute Gasteiger partial charge is 0.492 e. The molecule has 1 aliphatic carbocycles. The predicted molar refractivity (Wildman–Crippen MR) is 122 cm³/mol. The molecule has 3 aliphatic heterocycles. The molecular weight excluding hydrogens is 456 g/mol. The van der Waals surface area contributed by atoms with Crippen LogP contribution in [0.15, 0.2) is 42.5 Å². The number of nitro groups is 1. The van der Waals surface area contributed by atoms with Crippen molar-refractivity contribution in [2.45, 2.75) is 36.6 Å². The van der Waals surface area contributed by atoms with Crippen LogP contribution in [-0.2, 0) is 21.4 Å². The number of para-hydroxylation sites is 1. The molecule has 10 nitrogen and oxygen atoms in total. The van der Waals surface area contributed by atoms with Crippen molar-refractivity contribution in [1.29, 1.82) is 0 Å². The summed E-state index contributed by atoms with van der Waals surface area (Å²) in [4.78, 5) is 26.5. The summed E-state index contributed by atoms with van der Waals surface area (Å²) in [5, 5.41) is 11.5. The van der Waals surface area contributed by atoms with Crippen molar-refractivity contribution in [2.75, 3.05) is 27.6 Å². The molecule has 1 fully saturated rings. The first kappa shape index (κ1) is 21.9. The van der Waals surface area contributed by atoms with E-state index in [0.29, 0.717) is 36.8 Å². The van der Waals surface area contributed by atoms with Gasteiger partial charge >= 0.3 is 5.97 Å². The van der Waals surface area contributed by atoms with Crippen molar-refractivity contribution in [1.82, 2.24) is 4.90 Å². The van der Waals surface area contributed by atoms with Gasteiger partial charge in [-0.05, 0) is 24.1 Å². The zero-order valence-electron chi connectivity index (χ0n) is 19.3. The Hall–Kier alpha value is -3.63. The molecule has 2 aromatic rings. The highest BCUT2D eigenvalue weighted by atomic mass is 16.7. The minimum Gasteiger partial charge on any atom is -0.492 e. The van der Waals surface area contributed by atoms with E-state index >= 15 is 0 Å². The Morgan fingerprint density at radius 3 is 2.86 bits per heavy atom. The number of nitrogens with zero attached hydrogens (tertiary/aromatic N) is 2. The van der Waals surface area contributed by atoms with Gasteiger partial charge in [-0.15, -0.1) is 0 Å². The first-order valence-corrected chi connectivity index (χ1v) is 11.4. The molecule has 5 atom stereocenters. The van der Waals surface area contributed by atoms with Crippen LogP contribution >= 0.6 is 0 Å². The first-order valence-electron chi connectivity index (χ1n) is 11.4. The third kappa shape index (κ3) is 3.06. The Morgan fingerprint density at radius 1 is 1.26 bits per heavy atom. The molecule has 35 heavy (non-hydrogen) atoms. The number of ether oxygens (including phenoxy) is 5. The van der Waals surface area contributed by atoms with Crippen molar-refractivity contribution in [2.24, 2.45) is 0 Å². The SMILES string of the molecule is COc1c2c(cc3c1OCO3)[C@]13C=C[C@H](OC)C[C@@H]1N(C2)C[C@H]3OC(=O)c1ccccc1[N+](=O)[O-]. The number of hydrogen-bond acceptors (Lipinski definition) is 9. The number of nitro benzene ring substituents is 1. The van der Waals surface area contributed by atoms with Gasteiger partial charge in [0.05, 0.1) is 23.6 Å². The van der Waals surface area contributed by atoms with Crippen LogP contribution in [0, 0.1) is 10.1 Å². The Morgan fingerprint density at radius 2 is 2.09 bits per heavy atom. The molecule has 1 unspecified atom stereocenters. The summed E-state index contributed by atoms with van der Waals surface area (Å²) < 4.78 is 28.9. The Kier molecular flexibility index (Phi) is 4.97. The van der Waals surface area contributed by atoms with Crippen LogP contribution in [0.2, 0.25) is 0 Å².